The van der Waals surface area contributed by atoms with Crippen molar-refractivity contribution in [2.45, 2.75) is 6.92 Å². The van der Waals surface area contributed by atoms with E-state index in [4.69, 9.17) is 11.6 Å². The molecule has 114 valence electrons. The Hall–Kier alpha value is -2.01. The Balaban J connectivity index is 2.73. The summed E-state index contributed by atoms with van der Waals surface area (Å²) in [6.45, 7) is 5.89. The first-order valence-electron chi connectivity index (χ1n) is 6.48. The molecule has 0 saturated heterocycles. The largest absolute Gasteiger partial charge is 0.469 e. The zero-order chi connectivity index (χ0) is 15.8. The van der Waals surface area contributed by atoms with Crippen LogP contribution in [-0.4, -0.2) is 37.1 Å². The van der Waals surface area contributed by atoms with Gasteiger partial charge in [0.05, 0.1) is 13.0 Å². The van der Waals surface area contributed by atoms with E-state index in [-0.39, 0.29) is 18.5 Å². The first-order chi connectivity index (χ1) is 9.97. The smallest absolute Gasteiger partial charge is 0.322 e. The Morgan fingerprint density at radius 2 is 2.24 bits per heavy atom. The van der Waals surface area contributed by atoms with Crippen LogP contribution < -0.4 is 5.32 Å². The number of methoxy groups -OCH3 is 1. The lowest BCUT2D eigenvalue weighted by molar-refractivity contribution is -0.145. The lowest BCUT2D eigenvalue weighted by Gasteiger charge is -2.24. The number of hydrogen-bond acceptors (Lipinski definition) is 3. The molecule has 0 bridgehead atoms. The fourth-order valence-electron chi connectivity index (χ4n) is 1.77. The number of rotatable bonds is 6. The normalized spacial score (nSPS) is 11.4. The maximum Gasteiger partial charge on any atom is 0.322 e. The number of anilines is 1. The fraction of sp³-hybridized carbons (Fsp3) is 0.333. The van der Waals surface area contributed by atoms with Gasteiger partial charge in [-0.2, -0.15) is 0 Å². The third kappa shape index (κ3) is 5.47. The number of halogens is 1. The molecule has 0 radical (unpaired) electrons. The molecule has 1 aromatic carbocycles. The lowest BCUT2D eigenvalue weighted by atomic mass is 10.1. The van der Waals surface area contributed by atoms with Gasteiger partial charge in [-0.15, -0.1) is 6.58 Å². The third-order valence-electron chi connectivity index (χ3n) is 2.81. The Kier molecular flexibility index (Phi) is 6.75. The number of ether oxygens (including phenoxy) is 1. The molecule has 0 aliphatic rings. The zero-order valence-electron chi connectivity index (χ0n) is 12.1. The highest BCUT2D eigenvalue weighted by Gasteiger charge is 2.20. The summed E-state index contributed by atoms with van der Waals surface area (Å²) in [6, 6.07) is 6.52. The van der Waals surface area contributed by atoms with Gasteiger partial charge in [0.15, 0.2) is 0 Å². The van der Waals surface area contributed by atoms with E-state index >= 15 is 0 Å². The summed E-state index contributed by atoms with van der Waals surface area (Å²) in [5.41, 5.74) is 0.590. The highest BCUT2D eigenvalue weighted by atomic mass is 35.5. The zero-order valence-corrected chi connectivity index (χ0v) is 12.9. The second-order valence-corrected chi connectivity index (χ2v) is 4.99. The molecule has 5 nitrogen and oxygen atoms in total. The average molecular weight is 311 g/mol. The average Bonchev–Trinajstić information content (AvgIpc) is 2.45. The monoisotopic (exact) mass is 310 g/mol. The van der Waals surface area contributed by atoms with E-state index in [2.05, 4.69) is 16.6 Å². The molecule has 1 N–H and O–H groups in total. The van der Waals surface area contributed by atoms with Crippen molar-refractivity contribution in [3.63, 3.8) is 0 Å². The minimum atomic E-state index is -0.417. The maximum atomic E-state index is 12.2. The number of carbonyl (C=O) groups is 2. The number of urea groups is 1. The molecule has 1 rings (SSSR count). The van der Waals surface area contributed by atoms with E-state index in [0.717, 1.165) is 0 Å². The Bertz CT molecular complexity index is 519. The molecule has 6 heteroatoms. The number of amides is 2. The minimum absolute atomic E-state index is 0.241. The fourth-order valence-corrected chi connectivity index (χ4v) is 1.96. The van der Waals surface area contributed by atoms with Crippen molar-refractivity contribution in [1.82, 2.24) is 4.90 Å². The molecule has 0 saturated carbocycles. The first kappa shape index (κ1) is 17.0. The number of nitrogens with zero attached hydrogens (tertiary/aromatic N) is 1. The van der Waals surface area contributed by atoms with Crippen LogP contribution in [0.3, 0.4) is 0 Å². The number of hydrogen-bond donors (Lipinski definition) is 1. The highest BCUT2D eigenvalue weighted by molar-refractivity contribution is 6.30. The van der Waals surface area contributed by atoms with E-state index in [0.29, 0.717) is 17.3 Å². The predicted molar refractivity (Wildman–Crippen MR) is 83.4 cm³/mol. The van der Waals surface area contributed by atoms with Crippen molar-refractivity contribution >= 4 is 29.3 Å². The molecule has 0 fully saturated rings. The van der Waals surface area contributed by atoms with Gasteiger partial charge in [0.1, 0.15) is 0 Å². The Morgan fingerprint density at radius 1 is 1.52 bits per heavy atom. The molecule has 0 heterocycles. The second-order valence-electron chi connectivity index (χ2n) is 4.56. The van der Waals surface area contributed by atoms with E-state index < -0.39 is 5.92 Å². The Labute approximate surface area is 129 Å². The summed E-state index contributed by atoms with van der Waals surface area (Å²) < 4.78 is 4.66. The second kappa shape index (κ2) is 8.32. The van der Waals surface area contributed by atoms with Gasteiger partial charge in [-0.25, -0.2) is 4.79 Å². The van der Waals surface area contributed by atoms with Crippen molar-refractivity contribution < 1.29 is 14.3 Å². The molecule has 0 aliphatic heterocycles. The lowest BCUT2D eigenvalue weighted by Crippen LogP contribution is -2.40. The number of esters is 1. The van der Waals surface area contributed by atoms with Crippen LogP contribution in [0.25, 0.3) is 0 Å². The van der Waals surface area contributed by atoms with E-state index in [1.807, 2.05) is 0 Å². The summed E-state index contributed by atoms with van der Waals surface area (Å²) >= 11 is 5.87. The van der Waals surface area contributed by atoms with Crippen LogP contribution >= 0.6 is 11.6 Å². The number of nitrogens with one attached hydrogen (secondary N) is 1. The van der Waals surface area contributed by atoms with Gasteiger partial charge in [0, 0.05) is 23.8 Å². The predicted octanol–water partition coefficient (Wildman–Crippen LogP) is 3.17. The van der Waals surface area contributed by atoms with Crippen LogP contribution in [-0.2, 0) is 9.53 Å². The van der Waals surface area contributed by atoms with Gasteiger partial charge in [0.2, 0.25) is 0 Å². The van der Waals surface area contributed by atoms with E-state index in [1.165, 1.54) is 12.0 Å². The molecule has 0 spiro atoms. The van der Waals surface area contributed by atoms with Crippen LogP contribution in [0.2, 0.25) is 5.02 Å². The SMILES string of the molecule is C=CCN(CC(C)C(=O)OC)C(=O)Nc1cccc(Cl)c1. The van der Waals surface area contributed by atoms with Gasteiger partial charge < -0.3 is 15.0 Å². The van der Waals surface area contributed by atoms with Crippen LogP contribution in [0.4, 0.5) is 10.5 Å². The van der Waals surface area contributed by atoms with Crippen LogP contribution in [0.15, 0.2) is 36.9 Å². The van der Waals surface area contributed by atoms with Gasteiger partial charge in [0.25, 0.3) is 0 Å². The van der Waals surface area contributed by atoms with Crippen molar-refractivity contribution in [2.24, 2.45) is 5.92 Å². The minimum Gasteiger partial charge on any atom is -0.469 e. The summed E-state index contributed by atoms with van der Waals surface area (Å²) in [6.07, 6.45) is 1.60. The molecule has 0 aromatic heterocycles. The first-order valence-corrected chi connectivity index (χ1v) is 6.86. The van der Waals surface area contributed by atoms with Crippen LogP contribution in [0.1, 0.15) is 6.92 Å². The topological polar surface area (TPSA) is 58.6 Å². The molecule has 2 amide bonds. The van der Waals surface area contributed by atoms with Crippen LogP contribution in [0.5, 0.6) is 0 Å². The van der Waals surface area contributed by atoms with Crippen molar-refractivity contribution in [3.05, 3.63) is 41.9 Å². The van der Waals surface area contributed by atoms with Crippen molar-refractivity contribution in [2.75, 3.05) is 25.5 Å². The van der Waals surface area contributed by atoms with Crippen molar-refractivity contribution in [3.8, 4) is 0 Å². The molecular weight excluding hydrogens is 292 g/mol. The molecular formula is C15H19ClN2O3. The quantitative estimate of drug-likeness (QED) is 0.648. The molecule has 1 unspecified atom stereocenters. The molecule has 1 aromatic rings. The summed E-state index contributed by atoms with van der Waals surface area (Å²) in [5, 5.41) is 3.27. The Morgan fingerprint density at radius 3 is 2.81 bits per heavy atom. The van der Waals surface area contributed by atoms with Crippen LogP contribution in [0, 0.1) is 5.92 Å². The van der Waals surface area contributed by atoms with E-state index in [9.17, 15) is 9.59 Å². The third-order valence-corrected chi connectivity index (χ3v) is 3.05. The van der Waals surface area contributed by atoms with Gasteiger partial charge in [-0.1, -0.05) is 30.7 Å². The van der Waals surface area contributed by atoms with Gasteiger partial charge >= 0.3 is 12.0 Å². The van der Waals surface area contributed by atoms with Crippen molar-refractivity contribution in [1.29, 1.82) is 0 Å². The summed E-state index contributed by atoms with van der Waals surface area (Å²) in [4.78, 5) is 25.2. The maximum absolute atomic E-state index is 12.2. The standard InChI is InChI=1S/C15H19ClN2O3/c1-4-8-18(10-11(2)14(19)21-3)15(20)17-13-7-5-6-12(16)9-13/h4-7,9,11H,1,8,10H2,2-3H3,(H,17,20). The van der Waals surface area contributed by atoms with Gasteiger partial charge in [-0.3, -0.25) is 4.79 Å². The molecule has 1 atom stereocenters. The summed E-state index contributed by atoms with van der Waals surface area (Å²) in [7, 11) is 1.32. The highest BCUT2D eigenvalue weighted by Crippen LogP contribution is 2.15. The van der Waals surface area contributed by atoms with E-state index in [1.54, 1.807) is 37.3 Å². The molecule has 21 heavy (non-hydrogen) atoms. The number of carbonyl (C=O) groups excluding carboxylic acids is 2. The molecule has 0 aliphatic carbocycles. The summed E-state index contributed by atoms with van der Waals surface area (Å²) in [5.74, 6) is -0.778. The van der Waals surface area contributed by atoms with Gasteiger partial charge in [-0.05, 0) is 18.2 Å². The number of benzene rings is 1.